The van der Waals surface area contributed by atoms with Gasteiger partial charge in [-0.3, -0.25) is 0 Å². The van der Waals surface area contributed by atoms with E-state index < -0.39 is 0 Å². The van der Waals surface area contributed by atoms with Gasteiger partial charge >= 0.3 is 0 Å². The third-order valence-electron chi connectivity index (χ3n) is 8.07. The minimum atomic E-state index is -0.309. The van der Waals surface area contributed by atoms with E-state index in [0.717, 1.165) is 12.8 Å². The van der Waals surface area contributed by atoms with Gasteiger partial charge in [0, 0.05) is 14.2 Å². The fourth-order valence-corrected chi connectivity index (χ4v) is 6.32. The highest BCUT2D eigenvalue weighted by atomic mass is 16.5. The Labute approximate surface area is 215 Å². The molecule has 4 aromatic carbocycles. The summed E-state index contributed by atoms with van der Waals surface area (Å²) in [6.07, 6.45) is 2.16. The fourth-order valence-electron chi connectivity index (χ4n) is 6.32. The third kappa shape index (κ3) is 3.47. The summed E-state index contributed by atoms with van der Waals surface area (Å²) in [6, 6.07) is 32.1. The number of fused-ring (bicyclic) bond motifs is 10. The van der Waals surface area contributed by atoms with Crippen LogP contribution in [0, 0.1) is 0 Å². The Balaban J connectivity index is 0.00000267. The minimum absolute atomic E-state index is 0. The summed E-state index contributed by atoms with van der Waals surface area (Å²) in [5, 5.41) is 0. The molecule has 2 nitrogen and oxygen atoms in total. The van der Waals surface area contributed by atoms with Crippen molar-refractivity contribution in [3.63, 3.8) is 0 Å². The second-order valence-corrected chi connectivity index (χ2v) is 10.1. The molecular formula is C34H36O2. The molecule has 184 valence electrons. The molecule has 0 aromatic heterocycles. The zero-order valence-corrected chi connectivity index (χ0v) is 21.0. The van der Waals surface area contributed by atoms with E-state index in [2.05, 4.69) is 98.8 Å². The van der Waals surface area contributed by atoms with Crippen LogP contribution in [0.1, 0.15) is 54.7 Å². The molecule has 6 rings (SSSR count). The molecule has 36 heavy (non-hydrogen) atoms. The van der Waals surface area contributed by atoms with Crippen LogP contribution in [0.25, 0.3) is 22.3 Å². The zero-order chi connectivity index (χ0) is 24.2. The summed E-state index contributed by atoms with van der Waals surface area (Å²) in [4.78, 5) is 0. The van der Waals surface area contributed by atoms with Crippen molar-refractivity contribution in [1.29, 1.82) is 0 Å². The SMILES string of the molecule is C.COC(C)Cc1ccc2c(c1)C1(c3ccccc3-c3ccccc31)c1cc(CC(C)OC)ccc1-2. The molecule has 0 N–H and O–H groups in total. The molecule has 0 aliphatic heterocycles. The van der Waals surface area contributed by atoms with Crippen LogP contribution in [-0.2, 0) is 27.7 Å². The second kappa shape index (κ2) is 9.35. The van der Waals surface area contributed by atoms with Gasteiger partial charge in [-0.25, -0.2) is 0 Å². The first-order valence-electron chi connectivity index (χ1n) is 12.6. The molecule has 0 bridgehead atoms. The first-order chi connectivity index (χ1) is 17.1. The number of benzene rings is 4. The Morgan fingerprint density at radius 1 is 0.556 bits per heavy atom. The molecule has 0 saturated carbocycles. The topological polar surface area (TPSA) is 18.5 Å². The van der Waals surface area contributed by atoms with Crippen LogP contribution in [-0.4, -0.2) is 26.4 Å². The van der Waals surface area contributed by atoms with Gasteiger partial charge in [0.1, 0.15) is 0 Å². The molecular weight excluding hydrogens is 440 g/mol. The van der Waals surface area contributed by atoms with Crippen molar-refractivity contribution in [3.8, 4) is 22.3 Å². The van der Waals surface area contributed by atoms with Gasteiger partial charge in [-0.15, -0.1) is 0 Å². The van der Waals surface area contributed by atoms with E-state index in [1.807, 2.05) is 0 Å². The number of ether oxygens (including phenoxy) is 2. The van der Waals surface area contributed by atoms with Crippen LogP contribution < -0.4 is 0 Å². The lowest BCUT2D eigenvalue weighted by atomic mass is 9.70. The average Bonchev–Trinajstić information content (AvgIpc) is 3.35. The maximum Gasteiger partial charge on any atom is 0.0725 e. The molecule has 2 aliphatic carbocycles. The number of methoxy groups -OCH3 is 2. The van der Waals surface area contributed by atoms with Gasteiger partial charge in [0.2, 0.25) is 0 Å². The highest BCUT2D eigenvalue weighted by molar-refractivity contribution is 5.95. The molecule has 2 atom stereocenters. The van der Waals surface area contributed by atoms with Crippen LogP contribution in [0.15, 0.2) is 84.9 Å². The van der Waals surface area contributed by atoms with Crippen LogP contribution in [0.3, 0.4) is 0 Å². The van der Waals surface area contributed by atoms with E-state index in [4.69, 9.17) is 9.47 Å². The Morgan fingerprint density at radius 2 is 0.944 bits per heavy atom. The summed E-state index contributed by atoms with van der Waals surface area (Å²) in [6.45, 7) is 4.28. The molecule has 0 radical (unpaired) electrons. The molecule has 1 spiro atoms. The molecule has 2 unspecified atom stereocenters. The van der Waals surface area contributed by atoms with Gasteiger partial charge in [-0.05, 0) is 82.3 Å². The predicted octanol–water partition coefficient (Wildman–Crippen LogP) is 7.82. The highest BCUT2D eigenvalue weighted by Crippen LogP contribution is 2.62. The number of hydrogen-bond donors (Lipinski definition) is 0. The summed E-state index contributed by atoms with van der Waals surface area (Å²) >= 11 is 0. The van der Waals surface area contributed by atoms with Crippen LogP contribution in [0.5, 0.6) is 0 Å². The maximum absolute atomic E-state index is 5.62. The minimum Gasteiger partial charge on any atom is -0.381 e. The van der Waals surface area contributed by atoms with E-state index >= 15 is 0 Å². The second-order valence-electron chi connectivity index (χ2n) is 10.1. The van der Waals surface area contributed by atoms with Crippen molar-refractivity contribution in [3.05, 3.63) is 118 Å². The van der Waals surface area contributed by atoms with Gasteiger partial charge < -0.3 is 9.47 Å². The third-order valence-corrected chi connectivity index (χ3v) is 8.07. The Hall–Kier alpha value is -3.20. The van der Waals surface area contributed by atoms with E-state index in [1.54, 1.807) is 14.2 Å². The molecule has 2 aliphatic rings. The van der Waals surface area contributed by atoms with Crippen LogP contribution in [0.2, 0.25) is 0 Å². The van der Waals surface area contributed by atoms with E-state index in [9.17, 15) is 0 Å². The van der Waals surface area contributed by atoms with Crippen molar-refractivity contribution in [2.45, 2.75) is 51.7 Å². The summed E-state index contributed by atoms with van der Waals surface area (Å²) in [7, 11) is 3.59. The average molecular weight is 477 g/mol. The smallest absolute Gasteiger partial charge is 0.0725 e. The Morgan fingerprint density at radius 3 is 1.36 bits per heavy atom. The highest BCUT2D eigenvalue weighted by Gasteiger charge is 2.51. The van der Waals surface area contributed by atoms with Crippen molar-refractivity contribution in [2.75, 3.05) is 14.2 Å². The van der Waals surface area contributed by atoms with Gasteiger partial charge in [0.05, 0.1) is 17.6 Å². The Bertz CT molecular complexity index is 1310. The van der Waals surface area contributed by atoms with Crippen molar-refractivity contribution in [2.24, 2.45) is 0 Å². The molecule has 0 heterocycles. The number of rotatable bonds is 6. The van der Waals surface area contributed by atoms with Gasteiger partial charge in [-0.2, -0.15) is 0 Å². The van der Waals surface area contributed by atoms with Crippen molar-refractivity contribution < 1.29 is 9.47 Å². The summed E-state index contributed by atoms with van der Waals surface area (Å²) < 4.78 is 11.2. The fraction of sp³-hybridized carbons (Fsp3) is 0.294. The first-order valence-corrected chi connectivity index (χ1v) is 12.6. The molecule has 0 amide bonds. The summed E-state index contributed by atoms with van der Waals surface area (Å²) in [5.74, 6) is 0. The normalized spacial score (nSPS) is 15.4. The van der Waals surface area contributed by atoms with Crippen LogP contribution >= 0.6 is 0 Å². The van der Waals surface area contributed by atoms with E-state index in [0.29, 0.717) is 0 Å². The van der Waals surface area contributed by atoms with Gasteiger partial charge in [0.25, 0.3) is 0 Å². The largest absolute Gasteiger partial charge is 0.381 e. The lowest BCUT2D eigenvalue weighted by Crippen LogP contribution is -2.26. The van der Waals surface area contributed by atoms with Gasteiger partial charge in [0.15, 0.2) is 0 Å². The lowest BCUT2D eigenvalue weighted by molar-refractivity contribution is 0.118. The molecule has 0 saturated heterocycles. The van der Waals surface area contributed by atoms with Crippen LogP contribution in [0.4, 0.5) is 0 Å². The number of hydrogen-bond acceptors (Lipinski definition) is 2. The Kier molecular flexibility index (Phi) is 6.36. The zero-order valence-electron chi connectivity index (χ0n) is 21.0. The lowest BCUT2D eigenvalue weighted by Gasteiger charge is -2.31. The molecule has 2 heteroatoms. The van der Waals surface area contributed by atoms with E-state index in [-0.39, 0.29) is 25.0 Å². The first kappa shape index (κ1) is 24.5. The van der Waals surface area contributed by atoms with Gasteiger partial charge in [-0.1, -0.05) is 92.4 Å². The molecule has 4 aromatic rings. The quantitative estimate of drug-likeness (QED) is 0.244. The van der Waals surface area contributed by atoms with E-state index in [1.165, 1.54) is 55.6 Å². The predicted molar refractivity (Wildman–Crippen MR) is 150 cm³/mol. The molecule has 0 fully saturated rings. The maximum atomic E-state index is 5.62. The standard InChI is InChI=1S/C33H32O2.CH4/c1-21(34-3)17-23-13-15-27-28-16-14-24(18-22(2)35-4)20-32(28)33(31(27)19-23)29-11-7-5-9-25(29)26-10-6-8-12-30(26)33;/h5-16,19-22H,17-18H2,1-4H3;1H4. The summed E-state index contributed by atoms with van der Waals surface area (Å²) in [5.41, 5.74) is 13.2. The van der Waals surface area contributed by atoms with Crippen molar-refractivity contribution in [1.82, 2.24) is 0 Å². The monoisotopic (exact) mass is 476 g/mol. The van der Waals surface area contributed by atoms with Crippen molar-refractivity contribution >= 4 is 0 Å².